The van der Waals surface area contributed by atoms with Crippen molar-refractivity contribution in [3.05, 3.63) is 63.6 Å². The van der Waals surface area contributed by atoms with Crippen LogP contribution in [0.4, 0.5) is 5.69 Å². The number of benzene rings is 2. The van der Waals surface area contributed by atoms with E-state index in [1.807, 2.05) is 6.92 Å². The number of amides is 1. The van der Waals surface area contributed by atoms with Gasteiger partial charge in [-0.1, -0.05) is 42.6 Å². The number of carbonyl (C=O) groups excluding carboxylic acids is 2. The van der Waals surface area contributed by atoms with E-state index in [4.69, 9.17) is 27.9 Å². The van der Waals surface area contributed by atoms with Gasteiger partial charge in [0.15, 0.2) is 0 Å². The van der Waals surface area contributed by atoms with E-state index in [0.29, 0.717) is 46.3 Å². The number of rotatable bonds is 9. The number of carbonyl (C=O) groups is 2. The molecule has 1 N–H and O–H groups in total. The predicted molar refractivity (Wildman–Crippen MR) is 134 cm³/mol. The minimum atomic E-state index is -3.57. The number of hydrogen-bond donors (Lipinski definition) is 1. The molecule has 0 aliphatic carbocycles. The first kappa shape index (κ1) is 26.5. The molecule has 7 nitrogen and oxygen atoms in total. The van der Waals surface area contributed by atoms with Crippen LogP contribution in [0.25, 0.3) is 0 Å². The number of ether oxygens (including phenoxy) is 1. The average molecular weight is 527 g/mol. The molecule has 1 aliphatic heterocycles. The van der Waals surface area contributed by atoms with Crippen molar-refractivity contribution in [2.45, 2.75) is 38.4 Å². The van der Waals surface area contributed by atoms with Gasteiger partial charge in [0.1, 0.15) is 0 Å². The molecule has 2 aromatic rings. The second kappa shape index (κ2) is 12.0. The minimum Gasteiger partial charge on any atom is -0.462 e. The lowest BCUT2D eigenvalue weighted by atomic mass is 9.97. The van der Waals surface area contributed by atoms with Crippen LogP contribution in [0.5, 0.6) is 0 Å². The van der Waals surface area contributed by atoms with Crippen molar-refractivity contribution in [2.24, 2.45) is 5.92 Å². The van der Waals surface area contributed by atoms with Crippen LogP contribution in [-0.2, 0) is 25.3 Å². The van der Waals surface area contributed by atoms with E-state index in [-0.39, 0.29) is 36.6 Å². The zero-order valence-corrected chi connectivity index (χ0v) is 21.3. The molecule has 1 aliphatic rings. The van der Waals surface area contributed by atoms with Crippen molar-refractivity contribution in [3.8, 4) is 0 Å². The van der Waals surface area contributed by atoms with Crippen LogP contribution >= 0.6 is 23.2 Å². The number of halogens is 2. The SMILES string of the molecule is CCCCOC(=O)c1ccc(NC(=O)C2CCN(S(=O)(=O)Cc3ccc(Cl)cc3Cl)CC2)cc1. The molecule has 0 saturated carbocycles. The molecule has 0 unspecified atom stereocenters. The maximum absolute atomic E-state index is 12.8. The standard InChI is InChI=1S/C24H28Cl2N2O5S/c1-2-3-14-33-24(30)18-5-8-21(9-6-18)27-23(29)17-10-12-28(13-11-17)34(31,32)16-19-4-7-20(25)15-22(19)26/h4-9,15,17H,2-3,10-14,16H2,1H3,(H,27,29). The average Bonchev–Trinajstić information content (AvgIpc) is 2.81. The summed E-state index contributed by atoms with van der Waals surface area (Å²) in [6, 6.07) is 11.3. The van der Waals surface area contributed by atoms with Crippen molar-refractivity contribution in [2.75, 3.05) is 25.0 Å². The van der Waals surface area contributed by atoms with E-state index in [2.05, 4.69) is 5.32 Å². The van der Waals surface area contributed by atoms with Gasteiger partial charge in [0.25, 0.3) is 0 Å². The smallest absolute Gasteiger partial charge is 0.338 e. The molecule has 1 saturated heterocycles. The number of unbranched alkanes of at least 4 members (excludes halogenated alkanes) is 1. The van der Waals surface area contributed by atoms with Crippen LogP contribution in [0, 0.1) is 5.92 Å². The highest BCUT2D eigenvalue weighted by Gasteiger charge is 2.31. The fourth-order valence-electron chi connectivity index (χ4n) is 3.65. The fourth-order valence-corrected chi connectivity index (χ4v) is 5.80. The Morgan fingerprint density at radius 1 is 1.09 bits per heavy atom. The summed E-state index contributed by atoms with van der Waals surface area (Å²) in [5.41, 5.74) is 1.49. The highest BCUT2D eigenvalue weighted by atomic mass is 35.5. The predicted octanol–water partition coefficient (Wildman–Crippen LogP) is 5.13. The van der Waals surface area contributed by atoms with Gasteiger partial charge in [-0.15, -0.1) is 0 Å². The Bertz CT molecular complexity index is 1110. The molecule has 3 rings (SSSR count). The van der Waals surface area contributed by atoms with Crippen LogP contribution in [0.15, 0.2) is 42.5 Å². The maximum Gasteiger partial charge on any atom is 0.338 e. The Labute approximate surface area is 210 Å². The molecular weight excluding hydrogens is 499 g/mol. The highest BCUT2D eigenvalue weighted by Crippen LogP contribution is 2.27. The molecule has 1 fully saturated rings. The summed E-state index contributed by atoms with van der Waals surface area (Å²) in [4.78, 5) is 24.7. The van der Waals surface area contributed by atoms with Gasteiger partial charge in [0.2, 0.25) is 15.9 Å². The summed E-state index contributed by atoms with van der Waals surface area (Å²) < 4.78 is 32.2. The third-order valence-electron chi connectivity index (χ3n) is 5.69. The summed E-state index contributed by atoms with van der Waals surface area (Å²) in [5, 5.41) is 3.60. The van der Waals surface area contributed by atoms with Crippen molar-refractivity contribution in [1.82, 2.24) is 4.31 Å². The lowest BCUT2D eigenvalue weighted by Gasteiger charge is -2.30. The number of anilines is 1. The third kappa shape index (κ3) is 7.18. The summed E-state index contributed by atoms with van der Waals surface area (Å²) in [6.45, 7) is 2.92. The first-order chi connectivity index (χ1) is 16.2. The summed E-state index contributed by atoms with van der Waals surface area (Å²) in [5.74, 6) is -1.08. The van der Waals surface area contributed by atoms with E-state index < -0.39 is 10.0 Å². The van der Waals surface area contributed by atoms with Gasteiger partial charge in [-0.2, -0.15) is 0 Å². The molecule has 184 valence electrons. The van der Waals surface area contributed by atoms with E-state index >= 15 is 0 Å². The number of hydrogen-bond acceptors (Lipinski definition) is 5. The summed E-state index contributed by atoms with van der Waals surface area (Å²) >= 11 is 12.0. The molecule has 2 aromatic carbocycles. The second-order valence-corrected chi connectivity index (χ2v) is 11.0. The van der Waals surface area contributed by atoms with Crippen LogP contribution < -0.4 is 5.32 Å². The molecule has 1 amide bonds. The molecule has 1 heterocycles. The number of piperidine rings is 1. The molecule has 0 aromatic heterocycles. The Morgan fingerprint density at radius 2 is 1.76 bits per heavy atom. The van der Waals surface area contributed by atoms with Crippen LogP contribution in [0.2, 0.25) is 10.0 Å². The summed E-state index contributed by atoms with van der Waals surface area (Å²) in [7, 11) is -3.57. The van der Waals surface area contributed by atoms with Gasteiger partial charge in [-0.25, -0.2) is 17.5 Å². The van der Waals surface area contributed by atoms with Gasteiger partial charge in [-0.05, 0) is 61.2 Å². The van der Waals surface area contributed by atoms with E-state index in [1.54, 1.807) is 36.4 Å². The van der Waals surface area contributed by atoms with Crippen molar-refractivity contribution >= 4 is 50.8 Å². The lowest BCUT2D eigenvalue weighted by Crippen LogP contribution is -2.41. The van der Waals surface area contributed by atoms with E-state index in [0.717, 1.165) is 12.8 Å². The van der Waals surface area contributed by atoms with Gasteiger partial charge < -0.3 is 10.1 Å². The molecule has 34 heavy (non-hydrogen) atoms. The molecule has 0 radical (unpaired) electrons. The second-order valence-electron chi connectivity index (χ2n) is 8.22. The van der Waals surface area contributed by atoms with Crippen LogP contribution in [0.3, 0.4) is 0 Å². The maximum atomic E-state index is 12.8. The number of sulfonamides is 1. The first-order valence-electron chi connectivity index (χ1n) is 11.2. The van der Waals surface area contributed by atoms with Crippen molar-refractivity contribution in [3.63, 3.8) is 0 Å². The van der Waals surface area contributed by atoms with Crippen LogP contribution in [-0.4, -0.2) is 44.3 Å². The molecule has 0 spiro atoms. The largest absolute Gasteiger partial charge is 0.462 e. The highest BCUT2D eigenvalue weighted by molar-refractivity contribution is 7.88. The van der Waals surface area contributed by atoms with Crippen molar-refractivity contribution < 1.29 is 22.7 Å². The molecular formula is C24H28Cl2N2O5S. The fraction of sp³-hybridized carbons (Fsp3) is 0.417. The topological polar surface area (TPSA) is 92.8 Å². The monoisotopic (exact) mass is 526 g/mol. The third-order valence-corrected chi connectivity index (χ3v) is 8.10. The van der Waals surface area contributed by atoms with E-state index in [9.17, 15) is 18.0 Å². The Balaban J connectivity index is 1.51. The van der Waals surface area contributed by atoms with Gasteiger partial charge in [0, 0.05) is 34.7 Å². The quantitative estimate of drug-likeness (QED) is 0.361. The molecule has 0 bridgehead atoms. The van der Waals surface area contributed by atoms with Gasteiger partial charge in [0.05, 0.1) is 17.9 Å². The lowest BCUT2D eigenvalue weighted by molar-refractivity contribution is -0.120. The first-order valence-corrected chi connectivity index (χ1v) is 13.6. The Kier molecular flexibility index (Phi) is 9.36. The Morgan fingerprint density at radius 3 is 2.38 bits per heavy atom. The molecule has 10 heteroatoms. The zero-order valence-electron chi connectivity index (χ0n) is 18.9. The Hall–Kier alpha value is -2.13. The molecule has 0 atom stereocenters. The summed E-state index contributed by atoms with van der Waals surface area (Å²) in [6.07, 6.45) is 2.59. The minimum absolute atomic E-state index is 0.170. The zero-order chi connectivity index (χ0) is 24.7. The number of nitrogens with one attached hydrogen (secondary N) is 1. The number of nitrogens with zero attached hydrogens (tertiary/aromatic N) is 1. The normalized spacial score (nSPS) is 15.1. The number of esters is 1. The van der Waals surface area contributed by atoms with Gasteiger partial charge >= 0.3 is 5.97 Å². The van der Waals surface area contributed by atoms with Crippen molar-refractivity contribution in [1.29, 1.82) is 0 Å². The van der Waals surface area contributed by atoms with E-state index in [1.165, 1.54) is 10.4 Å². The van der Waals surface area contributed by atoms with Crippen LogP contribution in [0.1, 0.15) is 48.5 Å². The van der Waals surface area contributed by atoms with Gasteiger partial charge in [-0.3, -0.25) is 4.79 Å².